The molecule has 0 amide bonds. The molecule has 0 aliphatic heterocycles. The molecule has 2 rings (SSSR count). The summed E-state index contributed by atoms with van der Waals surface area (Å²) < 4.78 is 32.6. The number of ether oxygens (including phenoxy) is 1. The molecule has 0 atom stereocenters. The highest BCUT2D eigenvalue weighted by atomic mass is 35.7. The number of rotatable bonds is 4. The molecule has 6 nitrogen and oxygen atoms in total. The molecule has 0 fully saturated rings. The van der Waals surface area contributed by atoms with Crippen molar-refractivity contribution in [2.24, 2.45) is 0 Å². The van der Waals surface area contributed by atoms with Gasteiger partial charge < -0.3 is 9.26 Å². The van der Waals surface area contributed by atoms with Gasteiger partial charge in [0.05, 0.1) is 14.9 Å². The van der Waals surface area contributed by atoms with Crippen molar-refractivity contribution in [1.29, 1.82) is 0 Å². The lowest BCUT2D eigenvalue weighted by molar-refractivity contribution is 0.242. The zero-order valence-electron chi connectivity index (χ0n) is 9.93. The summed E-state index contributed by atoms with van der Waals surface area (Å²) in [7, 11) is 1.29. The maximum absolute atomic E-state index is 11.2. The van der Waals surface area contributed by atoms with Gasteiger partial charge in [-0.05, 0) is 19.1 Å². The van der Waals surface area contributed by atoms with E-state index in [4.69, 9.17) is 43.1 Å². The van der Waals surface area contributed by atoms with Crippen molar-refractivity contribution in [2.45, 2.75) is 18.4 Å². The van der Waals surface area contributed by atoms with E-state index in [2.05, 4.69) is 10.1 Å². The minimum atomic E-state index is -3.92. The summed E-state index contributed by atoms with van der Waals surface area (Å²) in [5.41, 5.74) is 0. The maximum atomic E-state index is 11.2. The predicted molar refractivity (Wildman–Crippen MR) is 72.9 cm³/mol. The molecule has 0 spiro atoms. The van der Waals surface area contributed by atoms with Crippen molar-refractivity contribution in [2.75, 3.05) is 0 Å². The lowest BCUT2D eigenvalue weighted by Crippen LogP contribution is -1.99. The minimum Gasteiger partial charge on any atom is -0.481 e. The molecule has 2 aromatic rings. The summed E-state index contributed by atoms with van der Waals surface area (Å²) in [6.45, 7) is 1.61. The van der Waals surface area contributed by atoms with Gasteiger partial charge >= 0.3 is 0 Å². The molecule has 0 bridgehead atoms. The van der Waals surface area contributed by atoms with Crippen molar-refractivity contribution in [1.82, 2.24) is 10.1 Å². The minimum absolute atomic E-state index is 0.00737. The van der Waals surface area contributed by atoms with Gasteiger partial charge in [-0.3, -0.25) is 0 Å². The predicted octanol–water partition coefficient (Wildman–Crippen LogP) is 3.19. The Kier molecular flexibility index (Phi) is 4.43. The van der Waals surface area contributed by atoms with E-state index in [1.807, 2.05) is 0 Å². The second kappa shape index (κ2) is 5.77. The number of nitrogens with zero attached hydrogens (tertiary/aromatic N) is 2. The van der Waals surface area contributed by atoms with E-state index in [0.717, 1.165) is 12.1 Å². The second-order valence-corrected chi connectivity index (χ2v) is 7.06. The molecule has 1 heterocycles. The molecule has 0 aliphatic carbocycles. The Morgan fingerprint density at radius 1 is 1.30 bits per heavy atom. The number of hydrogen-bond acceptors (Lipinski definition) is 6. The van der Waals surface area contributed by atoms with E-state index < -0.39 is 9.05 Å². The molecular weight excluding hydrogens is 351 g/mol. The van der Waals surface area contributed by atoms with Crippen LogP contribution in [0.25, 0.3) is 0 Å². The SMILES string of the molecule is Cc1noc(COc2c(Cl)cc(S(=O)(=O)Cl)cc2Cl)n1. The van der Waals surface area contributed by atoms with Crippen molar-refractivity contribution in [3.05, 3.63) is 33.9 Å². The van der Waals surface area contributed by atoms with E-state index in [1.54, 1.807) is 6.92 Å². The van der Waals surface area contributed by atoms with Crippen molar-refractivity contribution >= 4 is 42.9 Å². The molecular formula is C10H7Cl3N2O4S. The van der Waals surface area contributed by atoms with Gasteiger partial charge in [-0.25, -0.2) is 8.42 Å². The molecule has 108 valence electrons. The average molecular weight is 358 g/mol. The average Bonchev–Trinajstić information content (AvgIpc) is 2.72. The summed E-state index contributed by atoms with van der Waals surface area (Å²) in [6, 6.07) is 2.29. The standard InChI is InChI=1S/C10H7Cl3N2O4S/c1-5-14-9(19-15-5)4-18-10-7(11)2-6(3-8(10)12)20(13,16)17/h2-3H,4H2,1H3. The third-order valence-electron chi connectivity index (χ3n) is 2.16. The van der Waals surface area contributed by atoms with Crippen LogP contribution in [0.15, 0.2) is 21.6 Å². The highest BCUT2D eigenvalue weighted by Gasteiger charge is 2.17. The van der Waals surface area contributed by atoms with E-state index in [9.17, 15) is 8.42 Å². The Hall–Kier alpha value is -1.02. The van der Waals surface area contributed by atoms with E-state index >= 15 is 0 Å². The van der Waals surface area contributed by atoms with Gasteiger partial charge in [0, 0.05) is 10.7 Å². The van der Waals surface area contributed by atoms with Crippen LogP contribution in [0.1, 0.15) is 11.7 Å². The van der Waals surface area contributed by atoms with Crippen LogP contribution in [0.5, 0.6) is 5.75 Å². The number of hydrogen-bond donors (Lipinski definition) is 0. The van der Waals surface area contributed by atoms with Crippen molar-refractivity contribution < 1.29 is 17.7 Å². The fraction of sp³-hybridized carbons (Fsp3) is 0.200. The van der Waals surface area contributed by atoms with Crippen LogP contribution in [-0.2, 0) is 15.7 Å². The van der Waals surface area contributed by atoms with Gasteiger partial charge in [0.2, 0.25) is 0 Å². The third kappa shape index (κ3) is 3.54. The lowest BCUT2D eigenvalue weighted by Gasteiger charge is -2.09. The Morgan fingerprint density at radius 3 is 2.35 bits per heavy atom. The van der Waals surface area contributed by atoms with Gasteiger partial charge in [-0.15, -0.1) is 0 Å². The molecule has 0 saturated heterocycles. The Labute approximate surface area is 129 Å². The largest absolute Gasteiger partial charge is 0.481 e. The number of halogens is 3. The normalized spacial score (nSPS) is 11.6. The summed E-state index contributed by atoms with van der Waals surface area (Å²) >= 11 is 11.8. The maximum Gasteiger partial charge on any atom is 0.264 e. The Bertz CT molecular complexity index is 722. The number of benzene rings is 1. The van der Waals surface area contributed by atoms with Gasteiger partial charge in [0.25, 0.3) is 14.9 Å². The lowest BCUT2D eigenvalue weighted by atomic mass is 10.3. The first kappa shape index (κ1) is 15.4. The van der Waals surface area contributed by atoms with Crippen LogP contribution in [0.4, 0.5) is 0 Å². The zero-order valence-corrected chi connectivity index (χ0v) is 13.0. The highest BCUT2D eigenvalue weighted by Crippen LogP contribution is 2.36. The first-order chi connectivity index (χ1) is 9.27. The molecule has 0 radical (unpaired) electrons. The molecule has 0 unspecified atom stereocenters. The van der Waals surface area contributed by atoms with E-state index in [-0.39, 0.29) is 33.2 Å². The van der Waals surface area contributed by atoms with Gasteiger partial charge in [-0.1, -0.05) is 28.4 Å². The Balaban J connectivity index is 2.25. The topological polar surface area (TPSA) is 82.3 Å². The molecule has 0 saturated carbocycles. The Morgan fingerprint density at radius 2 is 1.90 bits per heavy atom. The van der Waals surface area contributed by atoms with E-state index in [1.165, 1.54) is 0 Å². The number of aryl methyl sites for hydroxylation is 1. The summed E-state index contributed by atoms with van der Waals surface area (Å²) in [6.07, 6.45) is 0. The van der Waals surface area contributed by atoms with Crippen LogP contribution < -0.4 is 4.74 Å². The van der Waals surface area contributed by atoms with Crippen molar-refractivity contribution in [3.63, 3.8) is 0 Å². The quantitative estimate of drug-likeness (QED) is 0.782. The summed E-state index contributed by atoms with van der Waals surface area (Å²) in [4.78, 5) is 3.72. The summed E-state index contributed by atoms with van der Waals surface area (Å²) in [5.74, 6) is 0.807. The summed E-state index contributed by atoms with van der Waals surface area (Å²) in [5, 5.41) is 3.61. The first-order valence-corrected chi connectivity index (χ1v) is 8.19. The second-order valence-electron chi connectivity index (χ2n) is 3.68. The van der Waals surface area contributed by atoms with Gasteiger partial charge in [-0.2, -0.15) is 4.98 Å². The fourth-order valence-corrected chi connectivity index (χ4v) is 2.86. The third-order valence-corrected chi connectivity index (χ3v) is 4.06. The first-order valence-electron chi connectivity index (χ1n) is 5.13. The van der Waals surface area contributed by atoms with Crippen molar-refractivity contribution in [3.8, 4) is 5.75 Å². The highest BCUT2D eigenvalue weighted by molar-refractivity contribution is 8.13. The molecule has 0 aliphatic rings. The number of aromatic nitrogens is 2. The smallest absolute Gasteiger partial charge is 0.264 e. The molecule has 20 heavy (non-hydrogen) atoms. The van der Waals surface area contributed by atoms with Crippen LogP contribution in [0.2, 0.25) is 10.0 Å². The van der Waals surface area contributed by atoms with Gasteiger partial charge in [0.15, 0.2) is 18.2 Å². The van der Waals surface area contributed by atoms with Crippen LogP contribution in [-0.4, -0.2) is 18.6 Å². The van der Waals surface area contributed by atoms with Gasteiger partial charge in [0.1, 0.15) is 0 Å². The fourth-order valence-electron chi connectivity index (χ4n) is 1.35. The molecule has 10 heteroatoms. The van der Waals surface area contributed by atoms with E-state index in [0.29, 0.717) is 5.82 Å². The zero-order chi connectivity index (χ0) is 14.9. The van der Waals surface area contributed by atoms with Crippen LogP contribution in [0, 0.1) is 6.92 Å². The monoisotopic (exact) mass is 356 g/mol. The van der Waals surface area contributed by atoms with Crippen LogP contribution >= 0.6 is 33.9 Å². The molecule has 0 N–H and O–H groups in total. The van der Waals surface area contributed by atoms with Crippen LogP contribution in [0.3, 0.4) is 0 Å². The molecule has 1 aromatic carbocycles. The molecule has 1 aromatic heterocycles.